The molecule has 3 rings (SSSR count). The van der Waals surface area contributed by atoms with Crippen molar-refractivity contribution in [2.75, 3.05) is 18.9 Å². The van der Waals surface area contributed by atoms with Crippen molar-refractivity contribution in [3.8, 4) is 0 Å². The number of anilines is 2. The fourth-order valence-electron chi connectivity index (χ4n) is 2.81. The maximum absolute atomic E-state index is 12.7. The van der Waals surface area contributed by atoms with Crippen LogP contribution >= 0.6 is 0 Å². The van der Waals surface area contributed by atoms with Crippen LogP contribution in [0, 0.1) is 13.8 Å². The van der Waals surface area contributed by atoms with Crippen molar-refractivity contribution < 1.29 is 4.79 Å². The summed E-state index contributed by atoms with van der Waals surface area (Å²) in [6, 6.07) is 13.7. The molecule has 0 aliphatic rings. The van der Waals surface area contributed by atoms with E-state index in [0.717, 1.165) is 23.4 Å². The number of pyridine rings is 2. The largest absolute Gasteiger partial charge is 0.355 e. The zero-order valence-corrected chi connectivity index (χ0v) is 15.9. The Labute approximate surface area is 160 Å². The predicted octanol–water partition coefficient (Wildman–Crippen LogP) is 4.15. The van der Waals surface area contributed by atoms with Crippen molar-refractivity contribution in [1.29, 1.82) is 0 Å². The summed E-state index contributed by atoms with van der Waals surface area (Å²) >= 11 is 0. The van der Waals surface area contributed by atoms with Crippen molar-refractivity contribution in [3.05, 3.63) is 83.4 Å². The number of hydrogen-bond acceptors (Lipinski definition) is 4. The molecule has 0 fully saturated rings. The third-order valence-electron chi connectivity index (χ3n) is 4.69. The molecule has 0 aliphatic carbocycles. The molecule has 5 heteroatoms. The number of aromatic nitrogens is 2. The smallest absolute Gasteiger partial charge is 0.272 e. The molecule has 0 bridgehead atoms. The minimum atomic E-state index is -0.0892. The Balaban J connectivity index is 1.68. The minimum Gasteiger partial charge on any atom is -0.355 e. The van der Waals surface area contributed by atoms with Gasteiger partial charge in [0, 0.05) is 43.6 Å². The highest BCUT2D eigenvalue weighted by molar-refractivity contribution is 5.93. The number of benzene rings is 1. The number of carbonyl (C=O) groups is 1. The number of nitrogens with zero attached hydrogens (tertiary/aromatic N) is 3. The number of likely N-dealkylation sites (N-methyl/N-ethyl adjacent to an activating group) is 1. The Morgan fingerprint density at radius 3 is 2.63 bits per heavy atom. The number of carbonyl (C=O) groups excluding carboxylic acids is 1. The Hall–Kier alpha value is -3.21. The van der Waals surface area contributed by atoms with Crippen molar-refractivity contribution in [1.82, 2.24) is 14.9 Å². The minimum absolute atomic E-state index is 0.0892. The fourth-order valence-corrected chi connectivity index (χ4v) is 2.81. The molecule has 0 atom stereocenters. The van der Waals surface area contributed by atoms with Gasteiger partial charge in [0.1, 0.15) is 5.69 Å². The normalized spacial score (nSPS) is 10.5. The number of amides is 1. The second-order valence-corrected chi connectivity index (χ2v) is 6.63. The molecule has 5 nitrogen and oxygen atoms in total. The van der Waals surface area contributed by atoms with Gasteiger partial charge in [0.25, 0.3) is 5.91 Å². The first-order chi connectivity index (χ1) is 13.0. The van der Waals surface area contributed by atoms with Crippen molar-refractivity contribution in [3.63, 3.8) is 0 Å². The van der Waals surface area contributed by atoms with Crippen molar-refractivity contribution in [2.45, 2.75) is 20.3 Å². The summed E-state index contributed by atoms with van der Waals surface area (Å²) in [5, 5.41) is 3.39. The average Bonchev–Trinajstić information content (AvgIpc) is 2.70. The molecule has 1 aromatic carbocycles. The summed E-state index contributed by atoms with van der Waals surface area (Å²) in [5.41, 5.74) is 5.89. The van der Waals surface area contributed by atoms with E-state index in [1.807, 2.05) is 30.3 Å². The molecule has 2 heterocycles. The van der Waals surface area contributed by atoms with Crippen LogP contribution in [0.5, 0.6) is 0 Å². The van der Waals surface area contributed by atoms with Gasteiger partial charge in [0.2, 0.25) is 0 Å². The van der Waals surface area contributed by atoms with E-state index in [1.165, 1.54) is 11.1 Å². The summed E-state index contributed by atoms with van der Waals surface area (Å²) < 4.78 is 0. The summed E-state index contributed by atoms with van der Waals surface area (Å²) in [7, 11) is 1.80. The lowest BCUT2D eigenvalue weighted by Gasteiger charge is -2.17. The van der Waals surface area contributed by atoms with Crippen LogP contribution in [0.1, 0.15) is 27.2 Å². The Morgan fingerprint density at radius 2 is 1.85 bits per heavy atom. The summed E-state index contributed by atoms with van der Waals surface area (Å²) in [6.45, 7) is 4.79. The fraction of sp³-hybridized carbons (Fsp3) is 0.227. The highest BCUT2D eigenvalue weighted by Gasteiger charge is 2.14. The molecule has 2 aromatic heterocycles. The second kappa shape index (κ2) is 8.45. The number of rotatable bonds is 6. The van der Waals surface area contributed by atoms with Crippen molar-refractivity contribution >= 4 is 17.3 Å². The topological polar surface area (TPSA) is 58.1 Å². The lowest BCUT2D eigenvalue weighted by Crippen LogP contribution is -2.29. The van der Waals surface area contributed by atoms with Gasteiger partial charge in [-0.05, 0) is 67.3 Å². The number of aryl methyl sites for hydroxylation is 1. The second-order valence-electron chi connectivity index (χ2n) is 6.63. The summed E-state index contributed by atoms with van der Waals surface area (Å²) in [5.74, 6) is -0.0892. The Bertz CT molecular complexity index is 925. The standard InChI is InChI=1S/C22H24N4O/c1-16-5-4-6-20(17(16)2)25-19-9-13-24-21(15-19)22(27)26(3)14-10-18-7-11-23-12-8-18/h4-9,11-13,15H,10,14H2,1-3H3,(H,24,25). The van der Waals surface area contributed by atoms with Crippen molar-refractivity contribution in [2.24, 2.45) is 0 Å². The van der Waals surface area contributed by atoms with Crippen LogP contribution in [0.15, 0.2) is 61.1 Å². The van der Waals surface area contributed by atoms with Gasteiger partial charge in [-0.2, -0.15) is 0 Å². The highest BCUT2D eigenvalue weighted by atomic mass is 16.2. The van der Waals surface area contributed by atoms with Gasteiger partial charge < -0.3 is 10.2 Å². The van der Waals surface area contributed by atoms with E-state index in [9.17, 15) is 4.79 Å². The van der Waals surface area contributed by atoms with Crippen LogP contribution < -0.4 is 5.32 Å². The Kier molecular flexibility index (Phi) is 5.81. The third kappa shape index (κ3) is 4.70. The number of hydrogen-bond donors (Lipinski definition) is 1. The molecule has 1 amide bonds. The van der Waals surface area contributed by atoms with Gasteiger partial charge >= 0.3 is 0 Å². The SMILES string of the molecule is Cc1cccc(Nc2ccnc(C(=O)N(C)CCc3ccncc3)c2)c1C. The molecule has 0 aliphatic heterocycles. The molecule has 138 valence electrons. The average molecular weight is 360 g/mol. The highest BCUT2D eigenvalue weighted by Crippen LogP contribution is 2.23. The van der Waals surface area contributed by atoms with Crippen LogP contribution in [-0.4, -0.2) is 34.4 Å². The molecular formula is C22H24N4O. The van der Waals surface area contributed by atoms with E-state index in [4.69, 9.17) is 0 Å². The van der Waals surface area contributed by atoms with Gasteiger partial charge in [0.05, 0.1) is 0 Å². The molecule has 0 radical (unpaired) electrons. The Morgan fingerprint density at radius 1 is 1.07 bits per heavy atom. The van der Waals surface area contributed by atoms with E-state index in [0.29, 0.717) is 12.2 Å². The van der Waals surface area contributed by atoms with E-state index in [1.54, 1.807) is 36.6 Å². The first kappa shape index (κ1) is 18.6. The van der Waals surface area contributed by atoms with Gasteiger partial charge in [0.15, 0.2) is 0 Å². The number of nitrogens with one attached hydrogen (secondary N) is 1. The molecule has 0 saturated heterocycles. The van der Waals surface area contributed by atoms with E-state index in [2.05, 4.69) is 35.2 Å². The molecule has 27 heavy (non-hydrogen) atoms. The maximum atomic E-state index is 12.7. The van der Waals surface area contributed by atoms with E-state index >= 15 is 0 Å². The van der Waals surface area contributed by atoms with E-state index in [-0.39, 0.29) is 5.91 Å². The molecular weight excluding hydrogens is 336 g/mol. The van der Waals surface area contributed by atoms with Gasteiger partial charge in [-0.1, -0.05) is 12.1 Å². The molecule has 1 N–H and O–H groups in total. The van der Waals surface area contributed by atoms with Gasteiger partial charge in [-0.25, -0.2) is 0 Å². The summed E-state index contributed by atoms with van der Waals surface area (Å²) in [6.07, 6.45) is 5.98. The molecule has 0 unspecified atom stereocenters. The van der Waals surface area contributed by atoms with Crippen LogP contribution in [0.3, 0.4) is 0 Å². The summed E-state index contributed by atoms with van der Waals surface area (Å²) in [4.78, 5) is 22.7. The predicted molar refractivity (Wildman–Crippen MR) is 108 cm³/mol. The molecule has 0 spiro atoms. The first-order valence-electron chi connectivity index (χ1n) is 8.98. The third-order valence-corrected chi connectivity index (χ3v) is 4.69. The van der Waals surface area contributed by atoms with Crippen LogP contribution in [0.2, 0.25) is 0 Å². The van der Waals surface area contributed by atoms with Crippen LogP contribution in [0.25, 0.3) is 0 Å². The first-order valence-corrected chi connectivity index (χ1v) is 8.98. The maximum Gasteiger partial charge on any atom is 0.272 e. The lowest BCUT2D eigenvalue weighted by molar-refractivity contribution is 0.0791. The van der Waals surface area contributed by atoms with Gasteiger partial charge in [-0.15, -0.1) is 0 Å². The van der Waals surface area contributed by atoms with Crippen LogP contribution in [-0.2, 0) is 6.42 Å². The molecule has 0 saturated carbocycles. The molecule has 3 aromatic rings. The van der Waals surface area contributed by atoms with Gasteiger partial charge in [-0.3, -0.25) is 14.8 Å². The monoisotopic (exact) mass is 360 g/mol. The quantitative estimate of drug-likeness (QED) is 0.717. The van der Waals surface area contributed by atoms with Crippen LogP contribution in [0.4, 0.5) is 11.4 Å². The zero-order valence-electron chi connectivity index (χ0n) is 15.9. The van der Waals surface area contributed by atoms with E-state index < -0.39 is 0 Å². The lowest BCUT2D eigenvalue weighted by atomic mass is 10.1. The zero-order chi connectivity index (χ0) is 19.2.